The van der Waals surface area contributed by atoms with Gasteiger partial charge in [-0.3, -0.25) is 37.3 Å². The maximum atomic E-state index is 13.1. The van der Waals surface area contributed by atoms with Crippen LogP contribution in [0.15, 0.2) is 0 Å². The molecule has 564 valence electrons. The molecule has 2 unspecified atom stereocenters. The molecule has 0 aliphatic heterocycles. The zero-order chi connectivity index (χ0) is 69.7. The molecule has 0 aliphatic rings. The first-order valence-corrected chi connectivity index (χ1v) is 42.8. The predicted octanol–water partition coefficient (Wildman–Crippen LogP) is 22.6. The van der Waals surface area contributed by atoms with Gasteiger partial charge in [0, 0.05) is 25.7 Å². The summed E-state index contributed by atoms with van der Waals surface area (Å²) in [4.78, 5) is 72.8. The molecule has 0 heterocycles. The van der Waals surface area contributed by atoms with Crippen LogP contribution in [0, 0.1) is 0 Å². The van der Waals surface area contributed by atoms with Gasteiger partial charge in [-0.15, -0.1) is 0 Å². The summed E-state index contributed by atoms with van der Waals surface area (Å²) in [6.07, 6.45) is 60.9. The Kier molecular flexibility index (Phi) is 69.1. The fourth-order valence-corrected chi connectivity index (χ4v) is 13.3. The topological polar surface area (TPSA) is 237 Å². The van der Waals surface area contributed by atoms with Crippen molar-refractivity contribution in [1.82, 2.24) is 0 Å². The number of rotatable bonds is 77. The molecule has 0 aromatic carbocycles. The van der Waals surface area contributed by atoms with Crippen molar-refractivity contribution in [2.45, 2.75) is 425 Å². The lowest BCUT2D eigenvalue weighted by Crippen LogP contribution is -2.30. The van der Waals surface area contributed by atoms with Crippen LogP contribution in [0.5, 0.6) is 0 Å². The molecule has 17 nitrogen and oxygen atoms in total. The number of aliphatic hydroxyl groups is 1. The van der Waals surface area contributed by atoms with Crippen molar-refractivity contribution in [2.24, 2.45) is 0 Å². The number of aliphatic hydroxyl groups excluding tert-OH is 1. The molecule has 3 N–H and O–H groups in total. The summed E-state index contributed by atoms with van der Waals surface area (Å²) in [5, 5.41) is 10.6. The molecule has 0 fully saturated rings. The highest BCUT2D eigenvalue weighted by Gasteiger charge is 2.30. The summed E-state index contributed by atoms with van der Waals surface area (Å²) in [6.45, 7) is 4.98. The van der Waals surface area contributed by atoms with E-state index in [9.17, 15) is 43.2 Å². The molecule has 0 rings (SSSR count). The lowest BCUT2D eigenvalue weighted by molar-refractivity contribution is -0.161. The van der Waals surface area contributed by atoms with Crippen LogP contribution < -0.4 is 0 Å². The summed E-state index contributed by atoms with van der Waals surface area (Å²) in [5.41, 5.74) is 0. The summed E-state index contributed by atoms with van der Waals surface area (Å²) in [5.74, 6) is -2.11. The first-order valence-electron chi connectivity index (χ1n) is 39.8. The van der Waals surface area contributed by atoms with Gasteiger partial charge >= 0.3 is 39.5 Å². The number of carbonyl (C=O) groups excluding carboxylic acids is 4. The first-order chi connectivity index (χ1) is 46.2. The van der Waals surface area contributed by atoms with Gasteiger partial charge in [0.1, 0.15) is 19.3 Å². The van der Waals surface area contributed by atoms with Gasteiger partial charge in [-0.2, -0.15) is 0 Å². The van der Waals surface area contributed by atoms with Crippen LogP contribution in [0.25, 0.3) is 0 Å². The van der Waals surface area contributed by atoms with Gasteiger partial charge < -0.3 is 33.8 Å². The van der Waals surface area contributed by atoms with Crippen LogP contribution in [0.1, 0.15) is 407 Å². The third-order valence-electron chi connectivity index (χ3n) is 17.9. The molecule has 0 spiro atoms. The predicted molar refractivity (Wildman–Crippen MR) is 386 cm³/mol. The zero-order valence-electron chi connectivity index (χ0n) is 61.6. The van der Waals surface area contributed by atoms with E-state index in [1.165, 1.54) is 238 Å². The van der Waals surface area contributed by atoms with E-state index in [0.29, 0.717) is 25.7 Å². The Morgan fingerprint density at radius 2 is 0.421 bits per heavy atom. The summed E-state index contributed by atoms with van der Waals surface area (Å²) in [6, 6.07) is 0. The molecule has 5 atom stereocenters. The average Bonchev–Trinajstić information content (AvgIpc) is 3.74. The number of phosphoric acid groups is 2. The van der Waals surface area contributed by atoms with Gasteiger partial charge in [-0.05, 0) is 25.7 Å². The number of carbonyl (C=O) groups is 4. The summed E-state index contributed by atoms with van der Waals surface area (Å²) >= 11 is 0. The number of esters is 4. The molecule has 0 aromatic heterocycles. The molecule has 0 bridgehead atoms. The SMILES string of the molecule is CCCCCCCCCCCCCCCCCCCCC(=O)O[C@H](COC(=O)CCCCCCCCCCCCCCCCC)COP(=O)(O)OC[C@@H](O)COP(=O)(O)OC[C@@H](COC(=O)CCCCCCCCCCC)OC(=O)CCCCCCCCCCCCCCC. The van der Waals surface area contributed by atoms with E-state index in [-0.39, 0.29) is 25.7 Å². The number of hydrogen-bond acceptors (Lipinski definition) is 15. The molecular weight excluding hydrogens is 1250 g/mol. The van der Waals surface area contributed by atoms with Crippen molar-refractivity contribution in [3.8, 4) is 0 Å². The standard InChI is InChI=1S/C76H148O17P2/c1-5-9-13-17-21-25-28-31-33-34-35-37-40-43-47-51-55-59-63-76(81)93-72(67-87-74(79)61-57-53-49-45-41-39-36-32-29-26-22-18-14-10-6-2)69-91-95(84,85)89-65-70(77)64-88-94(82,83)90-68-71(66-86-73(78)60-56-52-48-44-24-20-16-12-8-4)92-75(80)62-58-54-50-46-42-38-30-27-23-19-15-11-7-3/h70-72,77H,5-69H2,1-4H3,(H,82,83)(H,84,85)/t70-,71+,72+/m0/s1. The lowest BCUT2D eigenvalue weighted by Gasteiger charge is -2.21. The molecular formula is C76H148O17P2. The molecule has 0 saturated carbocycles. The zero-order valence-corrected chi connectivity index (χ0v) is 63.4. The average molecular weight is 1400 g/mol. The highest BCUT2D eigenvalue weighted by molar-refractivity contribution is 7.47. The van der Waals surface area contributed by atoms with Crippen molar-refractivity contribution in [3.63, 3.8) is 0 Å². The van der Waals surface area contributed by atoms with Crippen LogP contribution >= 0.6 is 15.6 Å². The Morgan fingerprint density at radius 3 is 0.621 bits per heavy atom. The van der Waals surface area contributed by atoms with Crippen LogP contribution in [-0.4, -0.2) is 96.7 Å². The number of hydrogen-bond donors (Lipinski definition) is 3. The lowest BCUT2D eigenvalue weighted by atomic mass is 10.0. The Bertz CT molecular complexity index is 1810. The second kappa shape index (κ2) is 70.5. The Morgan fingerprint density at radius 1 is 0.253 bits per heavy atom. The van der Waals surface area contributed by atoms with Gasteiger partial charge in [0.05, 0.1) is 26.4 Å². The fourth-order valence-electron chi connectivity index (χ4n) is 11.8. The third kappa shape index (κ3) is 70.3. The molecule has 0 amide bonds. The van der Waals surface area contributed by atoms with Crippen LogP contribution in [0.4, 0.5) is 0 Å². The van der Waals surface area contributed by atoms with E-state index < -0.39 is 97.5 Å². The van der Waals surface area contributed by atoms with Gasteiger partial charge in [-0.1, -0.05) is 355 Å². The fraction of sp³-hybridized carbons (Fsp3) is 0.947. The molecule has 19 heteroatoms. The van der Waals surface area contributed by atoms with E-state index in [0.717, 1.165) is 89.9 Å². The monoisotopic (exact) mass is 1400 g/mol. The molecule has 0 radical (unpaired) electrons. The van der Waals surface area contributed by atoms with Crippen LogP contribution in [-0.2, 0) is 65.4 Å². The molecule has 0 saturated heterocycles. The highest BCUT2D eigenvalue weighted by atomic mass is 31.2. The van der Waals surface area contributed by atoms with Gasteiger partial charge in [0.2, 0.25) is 0 Å². The van der Waals surface area contributed by atoms with Gasteiger partial charge in [0.25, 0.3) is 0 Å². The summed E-state index contributed by atoms with van der Waals surface area (Å²) in [7, 11) is -9.91. The normalized spacial score (nSPS) is 13.9. The quantitative estimate of drug-likeness (QED) is 0.0222. The van der Waals surface area contributed by atoms with E-state index >= 15 is 0 Å². The minimum absolute atomic E-state index is 0.108. The van der Waals surface area contributed by atoms with E-state index in [2.05, 4.69) is 27.7 Å². The van der Waals surface area contributed by atoms with Crippen molar-refractivity contribution in [3.05, 3.63) is 0 Å². The Labute approximate surface area is 581 Å². The van der Waals surface area contributed by atoms with Crippen molar-refractivity contribution in [2.75, 3.05) is 39.6 Å². The Hall–Kier alpha value is -1.94. The van der Waals surface area contributed by atoms with Crippen molar-refractivity contribution < 1.29 is 80.2 Å². The maximum absolute atomic E-state index is 13.1. The molecule has 95 heavy (non-hydrogen) atoms. The van der Waals surface area contributed by atoms with Crippen molar-refractivity contribution >= 4 is 39.5 Å². The summed E-state index contributed by atoms with van der Waals surface area (Å²) < 4.78 is 68.5. The van der Waals surface area contributed by atoms with Crippen molar-refractivity contribution in [1.29, 1.82) is 0 Å². The van der Waals surface area contributed by atoms with Gasteiger partial charge in [0.15, 0.2) is 12.2 Å². The minimum atomic E-state index is -4.96. The highest BCUT2D eigenvalue weighted by Crippen LogP contribution is 2.45. The van der Waals surface area contributed by atoms with Crippen LogP contribution in [0.3, 0.4) is 0 Å². The van der Waals surface area contributed by atoms with Crippen LogP contribution in [0.2, 0.25) is 0 Å². The second-order valence-corrected chi connectivity index (χ2v) is 30.3. The Balaban J connectivity index is 5.22. The minimum Gasteiger partial charge on any atom is -0.462 e. The molecule has 0 aromatic rings. The van der Waals surface area contributed by atoms with E-state index in [1.54, 1.807) is 0 Å². The first kappa shape index (κ1) is 93.1. The smallest absolute Gasteiger partial charge is 0.462 e. The molecule has 0 aliphatic carbocycles. The number of unbranched alkanes of at least 4 members (excludes halogenated alkanes) is 51. The van der Waals surface area contributed by atoms with Gasteiger partial charge in [-0.25, -0.2) is 9.13 Å². The third-order valence-corrected chi connectivity index (χ3v) is 19.8. The number of phosphoric ester groups is 2. The van der Waals surface area contributed by atoms with E-state index in [4.69, 9.17) is 37.0 Å². The largest absolute Gasteiger partial charge is 0.472 e. The maximum Gasteiger partial charge on any atom is 0.472 e. The second-order valence-electron chi connectivity index (χ2n) is 27.4. The number of ether oxygens (including phenoxy) is 4. The van der Waals surface area contributed by atoms with E-state index in [1.807, 2.05) is 0 Å².